The van der Waals surface area contributed by atoms with Gasteiger partial charge in [-0.25, -0.2) is 0 Å². The lowest BCUT2D eigenvalue weighted by molar-refractivity contribution is 0.176. The van der Waals surface area contributed by atoms with E-state index in [0.717, 1.165) is 44.8 Å². The van der Waals surface area contributed by atoms with Gasteiger partial charge in [0.15, 0.2) is 0 Å². The molecular weight excluding hydrogens is 250 g/mol. The highest BCUT2D eigenvalue weighted by atomic mass is 16.5. The van der Waals surface area contributed by atoms with Gasteiger partial charge in [0.2, 0.25) is 0 Å². The SMILES string of the molecule is CCCNC(c1ccc2c(c1)CC(C)O2)C1CCOC1. The van der Waals surface area contributed by atoms with E-state index in [-0.39, 0.29) is 0 Å². The monoisotopic (exact) mass is 275 g/mol. The Morgan fingerprint density at radius 2 is 2.30 bits per heavy atom. The fourth-order valence-corrected chi connectivity index (χ4v) is 3.31. The van der Waals surface area contributed by atoms with E-state index in [1.54, 1.807) is 0 Å². The minimum absolute atomic E-state index is 0.317. The Morgan fingerprint density at radius 3 is 3.05 bits per heavy atom. The fourth-order valence-electron chi connectivity index (χ4n) is 3.31. The summed E-state index contributed by atoms with van der Waals surface area (Å²) in [6.45, 7) is 7.20. The van der Waals surface area contributed by atoms with Crippen LogP contribution < -0.4 is 10.1 Å². The Kier molecular flexibility index (Phi) is 4.27. The first kappa shape index (κ1) is 13.9. The predicted molar refractivity (Wildman–Crippen MR) is 80.2 cm³/mol. The summed E-state index contributed by atoms with van der Waals surface area (Å²) in [5.41, 5.74) is 2.75. The molecule has 20 heavy (non-hydrogen) atoms. The maximum absolute atomic E-state index is 5.80. The molecule has 0 bridgehead atoms. The molecular formula is C17H25NO2. The zero-order chi connectivity index (χ0) is 13.9. The van der Waals surface area contributed by atoms with Crippen LogP contribution in [0.4, 0.5) is 0 Å². The summed E-state index contributed by atoms with van der Waals surface area (Å²) in [6, 6.07) is 7.12. The summed E-state index contributed by atoms with van der Waals surface area (Å²) in [6.07, 6.45) is 3.67. The second-order valence-electron chi connectivity index (χ2n) is 6.06. The van der Waals surface area contributed by atoms with Gasteiger partial charge in [-0.05, 0) is 43.5 Å². The molecule has 3 unspecified atom stereocenters. The Hall–Kier alpha value is -1.06. The summed E-state index contributed by atoms with van der Waals surface area (Å²) in [5.74, 6) is 1.66. The smallest absolute Gasteiger partial charge is 0.123 e. The van der Waals surface area contributed by atoms with E-state index < -0.39 is 0 Å². The molecule has 110 valence electrons. The van der Waals surface area contributed by atoms with Crippen molar-refractivity contribution >= 4 is 0 Å². The molecule has 0 saturated carbocycles. The molecule has 2 heterocycles. The van der Waals surface area contributed by atoms with Gasteiger partial charge < -0.3 is 14.8 Å². The third-order valence-corrected chi connectivity index (χ3v) is 4.33. The minimum Gasteiger partial charge on any atom is -0.490 e. The van der Waals surface area contributed by atoms with Crippen LogP contribution in [-0.2, 0) is 11.2 Å². The van der Waals surface area contributed by atoms with Crippen LogP contribution in [-0.4, -0.2) is 25.9 Å². The number of nitrogens with one attached hydrogen (secondary N) is 1. The van der Waals surface area contributed by atoms with Crippen molar-refractivity contribution in [3.63, 3.8) is 0 Å². The number of fused-ring (bicyclic) bond motifs is 1. The number of benzene rings is 1. The molecule has 1 saturated heterocycles. The molecule has 3 atom stereocenters. The molecule has 0 aromatic heterocycles. The summed E-state index contributed by atoms with van der Waals surface area (Å²) in [5, 5.41) is 3.71. The van der Waals surface area contributed by atoms with E-state index in [9.17, 15) is 0 Å². The first-order chi connectivity index (χ1) is 9.78. The van der Waals surface area contributed by atoms with E-state index in [0.29, 0.717) is 18.1 Å². The van der Waals surface area contributed by atoms with Crippen molar-refractivity contribution in [1.82, 2.24) is 5.32 Å². The molecule has 3 heteroatoms. The lowest BCUT2D eigenvalue weighted by atomic mass is 9.90. The van der Waals surface area contributed by atoms with Crippen LogP contribution in [0, 0.1) is 5.92 Å². The standard InChI is InChI=1S/C17H25NO2/c1-3-7-18-17(14-6-8-19-11-14)13-4-5-16-15(10-13)9-12(2)20-16/h4-5,10,12,14,17-18H,3,6-9,11H2,1-2H3. The summed E-state index contributed by atoms with van der Waals surface area (Å²) >= 11 is 0. The minimum atomic E-state index is 0.317. The van der Waals surface area contributed by atoms with E-state index in [2.05, 4.69) is 37.4 Å². The van der Waals surface area contributed by atoms with Crippen LogP contribution in [0.3, 0.4) is 0 Å². The highest BCUT2D eigenvalue weighted by molar-refractivity contribution is 5.41. The average molecular weight is 275 g/mol. The van der Waals surface area contributed by atoms with Crippen molar-refractivity contribution in [3.8, 4) is 5.75 Å². The maximum atomic E-state index is 5.80. The van der Waals surface area contributed by atoms with Gasteiger partial charge in [0, 0.05) is 25.0 Å². The van der Waals surface area contributed by atoms with Crippen molar-refractivity contribution in [1.29, 1.82) is 0 Å². The van der Waals surface area contributed by atoms with Gasteiger partial charge in [-0.15, -0.1) is 0 Å². The quantitative estimate of drug-likeness (QED) is 0.895. The average Bonchev–Trinajstić information content (AvgIpc) is 3.07. The number of ether oxygens (including phenoxy) is 2. The normalized spacial score (nSPS) is 26.3. The Balaban J connectivity index is 1.81. The van der Waals surface area contributed by atoms with Crippen LogP contribution in [0.15, 0.2) is 18.2 Å². The van der Waals surface area contributed by atoms with Gasteiger partial charge in [0.25, 0.3) is 0 Å². The molecule has 1 fully saturated rings. The van der Waals surface area contributed by atoms with Crippen molar-refractivity contribution in [2.24, 2.45) is 5.92 Å². The van der Waals surface area contributed by atoms with Crippen molar-refractivity contribution in [2.45, 2.75) is 45.3 Å². The second kappa shape index (κ2) is 6.15. The van der Waals surface area contributed by atoms with Crippen LogP contribution >= 0.6 is 0 Å². The molecule has 3 rings (SSSR count). The van der Waals surface area contributed by atoms with Crippen molar-refractivity contribution < 1.29 is 9.47 Å². The number of hydrogen-bond donors (Lipinski definition) is 1. The Labute approximate surface area is 121 Å². The van der Waals surface area contributed by atoms with Crippen LogP contribution in [0.1, 0.15) is 43.9 Å². The summed E-state index contributed by atoms with van der Waals surface area (Å²) < 4.78 is 11.4. The number of hydrogen-bond acceptors (Lipinski definition) is 3. The molecule has 2 aliphatic rings. The molecule has 1 N–H and O–H groups in total. The van der Waals surface area contributed by atoms with E-state index >= 15 is 0 Å². The van der Waals surface area contributed by atoms with E-state index in [4.69, 9.17) is 9.47 Å². The highest BCUT2D eigenvalue weighted by Gasteiger charge is 2.28. The lowest BCUT2D eigenvalue weighted by Gasteiger charge is -2.24. The van der Waals surface area contributed by atoms with E-state index in [1.807, 2.05) is 0 Å². The molecule has 3 nitrogen and oxygen atoms in total. The molecule has 0 aliphatic carbocycles. The van der Waals surface area contributed by atoms with Gasteiger partial charge >= 0.3 is 0 Å². The van der Waals surface area contributed by atoms with E-state index in [1.165, 1.54) is 11.1 Å². The van der Waals surface area contributed by atoms with Crippen molar-refractivity contribution in [2.75, 3.05) is 19.8 Å². The Morgan fingerprint density at radius 1 is 1.40 bits per heavy atom. The first-order valence-electron chi connectivity index (χ1n) is 7.88. The molecule has 1 aromatic carbocycles. The Bertz CT molecular complexity index is 454. The molecule has 2 aliphatic heterocycles. The third kappa shape index (κ3) is 2.84. The van der Waals surface area contributed by atoms with Crippen LogP contribution in [0.5, 0.6) is 5.75 Å². The van der Waals surface area contributed by atoms with Crippen LogP contribution in [0.2, 0.25) is 0 Å². The molecule has 0 spiro atoms. The zero-order valence-electron chi connectivity index (χ0n) is 12.5. The highest BCUT2D eigenvalue weighted by Crippen LogP contribution is 2.34. The van der Waals surface area contributed by atoms with Gasteiger partial charge in [0.05, 0.1) is 6.61 Å². The lowest BCUT2D eigenvalue weighted by Crippen LogP contribution is -2.29. The van der Waals surface area contributed by atoms with Gasteiger partial charge in [0.1, 0.15) is 11.9 Å². The van der Waals surface area contributed by atoms with Gasteiger partial charge in [-0.1, -0.05) is 19.1 Å². The summed E-state index contributed by atoms with van der Waals surface area (Å²) in [4.78, 5) is 0. The molecule has 1 aromatic rings. The van der Waals surface area contributed by atoms with Gasteiger partial charge in [-0.3, -0.25) is 0 Å². The van der Waals surface area contributed by atoms with Crippen molar-refractivity contribution in [3.05, 3.63) is 29.3 Å². The summed E-state index contributed by atoms with van der Waals surface area (Å²) in [7, 11) is 0. The third-order valence-electron chi connectivity index (χ3n) is 4.33. The first-order valence-corrected chi connectivity index (χ1v) is 7.88. The maximum Gasteiger partial charge on any atom is 0.123 e. The second-order valence-corrected chi connectivity index (χ2v) is 6.06. The largest absolute Gasteiger partial charge is 0.490 e. The predicted octanol–water partition coefficient (Wildman–Crippen LogP) is 3.09. The zero-order valence-corrected chi connectivity index (χ0v) is 12.5. The topological polar surface area (TPSA) is 30.5 Å². The molecule has 0 amide bonds. The fraction of sp³-hybridized carbons (Fsp3) is 0.647. The number of rotatable bonds is 5. The van der Waals surface area contributed by atoms with Crippen LogP contribution in [0.25, 0.3) is 0 Å². The van der Waals surface area contributed by atoms with Gasteiger partial charge in [-0.2, -0.15) is 0 Å². The molecule has 0 radical (unpaired) electrons.